The maximum Gasteiger partial charge on any atom is 0.149 e. The first kappa shape index (κ1) is 9.71. The summed E-state index contributed by atoms with van der Waals surface area (Å²) in [7, 11) is 0. The van der Waals surface area contributed by atoms with Crippen molar-refractivity contribution in [3.8, 4) is 11.3 Å². The highest BCUT2D eigenvalue weighted by molar-refractivity contribution is 5.67. The van der Waals surface area contributed by atoms with Crippen LogP contribution in [0.5, 0.6) is 0 Å². The Kier molecular flexibility index (Phi) is 2.67. The van der Waals surface area contributed by atoms with Crippen LogP contribution in [0.3, 0.4) is 0 Å². The van der Waals surface area contributed by atoms with Crippen LogP contribution in [0, 0.1) is 0 Å². The first-order chi connectivity index (χ1) is 7.33. The Morgan fingerprint density at radius 1 is 1.47 bits per heavy atom. The molecule has 0 spiro atoms. The summed E-state index contributed by atoms with van der Waals surface area (Å²) in [4.78, 5) is 4.08. The Labute approximate surface area is 88.5 Å². The number of nitrogens with two attached hydrogens (primary N) is 1. The maximum atomic E-state index is 5.80. The van der Waals surface area contributed by atoms with Crippen molar-refractivity contribution < 1.29 is 0 Å². The van der Waals surface area contributed by atoms with Crippen LogP contribution < -0.4 is 5.73 Å². The molecular formula is C11H14N4. The summed E-state index contributed by atoms with van der Waals surface area (Å²) in [5.74, 6) is 0.593. The Morgan fingerprint density at radius 3 is 3.00 bits per heavy atom. The number of aromatic nitrogens is 3. The molecule has 2 heterocycles. The van der Waals surface area contributed by atoms with Crippen molar-refractivity contribution in [2.45, 2.75) is 19.8 Å². The van der Waals surface area contributed by atoms with Crippen LogP contribution >= 0.6 is 0 Å². The minimum Gasteiger partial charge on any atom is -0.382 e. The van der Waals surface area contributed by atoms with Gasteiger partial charge in [0.15, 0.2) is 0 Å². The summed E-state index contributed by atoms with van der Waals surface area (Å²) in [6.45, 7) is 2.12. The molecule has 0 aromatic carbocycles. The summed E-state index contributed by atoms with van der Waals surface area (Å²) in [5.41, 5.74) is 8.91. The van der Waals surface area contributed by atoms with E-state index in [1.54, 1.807) is 6.20 Å². The van der Waals surface area contributed by atoms with Gasteiger partial charge in [-0.05, 0) is 18.6 Å². The standard InChI is InChI=1S/C11H14N4/c1-2-4-9-10(14-15-11(9)12)8-5-3-6-13-7-8/h3,5-7H,2,4H2,1H3,(H3,12,14,15). The van der Waals surface area contributed by atoms with E-state index in [2.05, 4.69) is 22.1 Å². The van der Waals surface area contributed by atoms with Gasteiger partial charge in [0.2, 0.25) is 0 Å². The van der Waals surface area contributed by atoms with E-state index in [-0.39, 0.29) is 0 Å². The van der Waals surface area contributed by atoms with Gasteiger partial charge >= 0.3 is 0 Å². The van der Waals surface area contributed by atoms with Crippen molar-refractivity contribution in [3.63, 3.8) is 0 Å². The number of H-pyrrole nitrogens is 1. The number of nitrogens with one attached hydrogen (secondary N) is 1. The first-order valence-corrected chi connectivity index (χ1v) is 5.06. The number of nitrogens with zero attached hydrogens (tertiary/aromatic N) is 2. The monoisotopic (exact) mass is 202 g/mol. The van der Waals surface area contributed by atoms with Gasteiger partial charge < -0.3 is 5.73 Å². The SMILES string of the molecule is CCCc1c(N)n[nH]c1-c1cccnc1. The van der Waals surface area contributed by atoms with Gasteiger partial charge in [-0.3, -0.25) is 10.1 Å². The molecule has 2 aromatic heterocycles. The van der Waals surface area contributed by atoms with Crippen LogP contribution in [0.2, 0.25) is 0 Å². The molecule has 0 fully saturated rings. The topological polar surface area (TPSA) is 67.6 Å². The first-order valence-electron chi connectivity index (χ1n) is 5.06. The largest absolute Gasteiger partial charge is 0.382 e. The second-order valence-corrected chi connectivity index (χ2v) is 3.45. The van der Waals surface area contributed by atoms with Crippen LogP contribution in [0.1, 0.15) is 18.9 Å². The third-order valence-corrected chi connectivity index (χ3v) is 2.35. The molecule has 0 amide bonds. The molecule has 78 valence electrons. The minimum atomic E-state index is 0.593. The lowest BCUT2D eigenvalue weighted by atomic mass is 10.1. The van der Waals surface area contributed by atoms with Crippen molar-refractivity contribution in [1.29, 1.82) is 0 Å². The molecule has 4 nitrogen and oxygen atoms in total. The van der Waals surface area contributed by atoms with Gasteiger partial charge in [-0.1, -0.05) is 13.3 Å². The highest BCUT2D eigenvalue weighted by atomic mass is 15.2. The lowest BCUT2D eigenvalue weighted by Crippen LogP contribution is -1.92. The van der Waals surface area contributed by atoms with E-state index >= 15 is 0 Å². The lowest BCUT2D eigenvalue weighted by molar-refractivity contribution is 0.926. The normalized spacial score (nSPS) is 10.5. The number of nitrogen functional groups attached to an aromatic ring is 1. The molecule has 15 heavy (non-hydrogen) atoms. The predicted molar refractivity (Wildman–Crippen MR) is 60.2 cm³/mol. The molecule has 0 saturated heterocycles. The van der Waals surface area contributed by atoms with Gasteiger partial charge in [-0.2, -0.15) is 5.10 Å². The van der Waals surface area contributed by atoms with Gasteiger partial charge in [0.1, 0.15) is 5.82 Å². The van der Waals surface area contributed by atoms with Crippen molar-refractivity contribution >= 4 is 5.82 Å². The molecule has 0 atom stereocenters. The van der Waals surface area contributed by atoms with E-state index in [9.17, 15) is 0 Å². The molecule has 2 rings (SSSR count). The molecule has 0 radical (unpaired) electrons. The van der Waals surface area contributed by atoms with Crippen LogP contribution in [0.15, 0.2) is 24.5 Å². The molecule has 0 saturated carbocycles. The average molecular weight is 202 g/mol. The van der Waals surface area contributed by atoms with Crippen molar-refractivity contribution in [1.82, 2.24) is 15.2 Å². The fourth-order valence-electron chi connectivity index (χ4n) is 1.63. The van der Waals surface area contributed by atoms with Crippen LogP contribution in [-0.4, -0.2) is 15.2 Å². The van der Waals surface area contributed by atoms with Crippen LogP contribution in [-0.2, 0) is 6.42 Å². The van der Waals surface area contributed by atoms with E-state index in [1.165, 1.54) is 0 Å². The smallest absolute Gasteiger partial charge is 0.149 e. The highest BCUT2D eigenvalue weighted by Crippen LogP contribution is 2.25. The number of pyridine rings is 1. The maximum absolute atomic E-state index is 5.80. The molecule has 0 bridgehead atoms. The third kappa shape index (κ3) is 1.83. The lowest BCUT2D eigenvalue weighted by Gasteiger charge is -2.01. The average Bonchev–Trinajstić information content (AvgIpc) is 2.63. The zero-order valence-electron chi connectivity index (χ0n) is 8.70. The summed E-state index contributed by atoms with van der Waals surface area (Å²) < 4.78 is 0. The number of hydrogen-bond donors (Lipinski definition) is 2. The second kappa shape index (κ2) is 4.13. The number of hydrogen-bond acceptors (Lipinski definition) is 3. The number of aromatic amines is 1. The molecule has 0 aliphatic rings. The fraction of sp³-hybridized carbons (Fsp3) is 0.273. The zero-order chi connectivity index (χ0) is 10.7. The number of rotatable bonds is 3. The molecule has 4 heteroatoms. The Bertz CT molecular complexity index is 433. The molecule has 0 unspecified atom stereocenters. The van der Waals surface area contributed by atoms with Crippen molar-refractivity contribution in [2.75, 3.05) is 5.73 Å². The quantitative estimate of drug-likeness (QED) is 0.800. The molecular weight excluding hydrogens is 188 g/mol. The van der Waals surface area contributed by atoms with Gasteiger partial charge in [0.25, 0.3) is 0 Å². The highest BCUT2D eigenvalue weighted by Gasteiger charge is 2.11. The molecule has 2 aromatic rings. The number of anilines is 1. The molecule has 0 aliphatic heterocycles. The van der Waals surface area contributed by atoms with E-state index in [4.69, 9.17) is 5.73 Å². The van der Waals surface area contributed by atoms with E-state index in [1.807, 2.05) is 18.3 Å². The van der Waals surface area contributed by atoms with E-state index in [0.29, 0.717) is 5.82 Å². The van der Waals surface area contributed by atoms with Gasteiger partial charge in [-0.15, -0.1) is 0 Å². The third-order valence-electron chi connectivity index (χ3n) is 2.35. The Balaban J connectivity index is 2.44. The fourth-order valence-corrected chi connectivity index (χ4v) is 1.63. The molecule has 0 aliphatic carbocycles. The second-order valence-electron chi connectivity index (χ2n) is 3.45. The van der Waals surface area contributed by atoms with Crippen molar-refractivity contribution in [3.05, 3.63) is 30.1 Å². The minimum absolute atomic E-state index is 0.593. The molecule has 3 N–H and O–H groups in total. The van der Waals surface area contributed by atoms with E-state index < -0.39 is 0 Å². The predicted octanol–water partition coefficient (Wildman–Crippen LogP) is 2.01. The Hall–Kier alpha value is -1.84. The van der Waals surface area contributed by atoms with Gasteiger partial charge in [-0.25, -0.2) is 0 Å². The Morgan fingerprint density at radius 2 is 2.33 bits per heavy atom. The van der Waals surface area contributed by atoms with E-state index in [0.717, 1.165) is 29.7 Å². The summed E-state index contributed by atoms with van der Waals surface area (Å²) in [5, 5.41) is 7.00. The summed E-state index contributed by atoms with van der Waals surface area (Å²) in [6, 6.07) is 3.90. The summed E-state index contributed by atoms with van der Waals surface area (Å²) >= 11 is 0. The van der Waals surface area contributed by atoms with Crippen LogP contribution in [0.4, 0.5) is 5.82 Å². The van der Waals surface area contributed by atoms with Gasteiger partial charge in [0.05, 0.1) is 5.69 Å². The summed E-state index contributed by atoms with van der Waals surface area (Å²) in [6.07, 6.45) is 5.55. The van der Waals surface area contributed by atoms with Crippen LogP contribution in [0.25, 0.3) is 11.3 Å². The zero-order valence-corrected chi connectivity index (χ0v) is 8.70. The van der Waals surface area contributed by atoms with Gasteiger partial charge in [0, 0.05) is 23.5 Å². The van der Waals surface area contributed by atoms with Crippen molar-refractivity contribution in [2.24, 2.45) is 0 Å².